The van der Waals surface area contributed by atoms with E-state index in [0.29, 0.717) is 10.9 Å². The molecular formula is C19H23BrO. The van der Waals surface area contributed by atoms with Gasteiger partial charge in [-0.2, -0.15) is 0 Å². The molecule has 0 amide bonds. The van der Waals surface area contributed by atoms with E-state index in [9.17, 15) is 0 Å². The van der Waals surface area contributed by atoms with Crippen LogP contribution < -0.4 is 0 Å². The van der Waals surface area contributed by atoms with Gasteiger partial charge < -0.3 is 4.74 Å². The molecule has 1 saturated heterocycles. The Morgan fingerprint density at radius 3 is 2.81 bits per heavy atom. The summed E-state index contributed by atoms with van der Waals surface area (Å²) in [5, 5.41) is 2.73. The fourth-order valence-corrected chi connectivity index (χ4v) is 3.83. The predicted molar refractivity (Wildman–Crippen MR) is 93.2 cm³/mol. The normalized spacial score (nSPS) is 20.5. The number of halogens is 1. The Morgan fingerprint density at radius 1 is 1.10 bits per heavy atom. The van der Waals surface area contributed by atoms with Gasteiger partial charge in [-0.3, -0.25) is 0 Å². The summed E-state index contributed by atoms with van der Waals surface area (Å²) in [5.41, 5.74) is 1.44. The molecule has 0 aromatic heterocycles. The van der Waals surface area contributed by atoms with Gasteiger partial charge in [-0.05, 0) is 54.9 Å². The maximum atomic E-state index is 5.83. The van der Waals surface area contributed by atoms with E-state index in [0.717, 1.165) is 13.0 Å². The van der Waals surface area contributed by atoms with Gasteiger partial charge in [-0.1, -0.05) is 58.4 Å². The molecule has 2 aromatic carbocycles. The second-order valence-electron chi connectivity index (χ2n) is 6.01. The number of benzene rings is 2. The molecule has 21 heavy (non-hydrogen) atoms. The van der Waals surface area contributed by atoms with Gasteiger partial charge in [0.15, 0.2) is 0 Å². The Labute approximate surface area is 135 Å². The SMILES string of the molecule is BrC(CCC1CCCCO1)Cc1cccc2ccccc12. The molecule has 0 spiro atoms. The molecule has 1 fully saturated rings. The quantitative estimate of drug-likeness (QED) is 0.650. The predicted octanol–water partition coefficient (Wildman–Crippen LogP) is 5.50. The summed E-state index contributed by atoms with van der Waals surface area (Å²) >= 11 is 3.87. The Kier molecular flexibility index (Phi) is 5.32. The van der Waals surface area contributed by atoms with E-state index >= 15 is 0 Å². The Balaban J connectivity index is 1.59. The molecule has 2 aromatic rings. The topological polar surface area (TPSA) is 9.23 Å². The highest BCUT2D eigenvalue weighted by Crippen LogP contribution is 2.25. The van der Waals surface area contributed by atoms with Crippen LogP contribution in [0.1, 0.15) is 37.7 Å². The maximum Gasteiger partial charge on any atom is 0.0575 e. The molecule has 0 aliphatic carbocycles. The van der Waals surface area contributed by atoms with Crippen LogP contribution in [0, 0.1) is 0 Å². The van der Waals surface area contributed by atoms with Crippen LogP contribution in [0.25, 0.3) is 10.8 Å². The summed E-state index contributed by atoms with van der Waals surface area (Å²) in [6.07, 6.45) is 7.77. The lowest BCUT2D eigenvalue weighted by atomic mass is 9.98. The monoisotopic (exact) mass is 346 g/mol. The van der Waals surface area contributed by atoms with E-state index in [4.69, 9.17) is 4.74 Å². The van der Waals surface area contributed by atoms with Gasteiger partial charge in [0, 0.05) is 11.4 Å². The number of alkyl halides is 1. The minimum absolute atomic E-state index is 0.492. The first kappa shape index (κ1) is 15.1. The van der Waals surface area contributed by atoms with Crippen LogP contribution >= 0.6 is 15.9 Å². The fourth-order valence-electron chi connectivity index (χ4n) is 3.21. The molecular weight excluding hydrogens is 324 g/mol. The Hall–Kier alpha value is -0.860. The average molecular weight is 347 g/mol. The van der Waals surface area contributed by atoms with E-state index in [1.54, 1.807) is 0 Å². The lowest BCUT2D eigenvalue weighted by molar-refractivity contribution is 0.0102. The molecule has 1 aliphatic heterocycles. The molecule has 2 atom stereocenters. The van der Waals surface area contributed by atoms with Crippen molar-refractivity contribution in [2.45, 2.75) is 49.5 Å². The van der Waals surface area contributed by atoms with Gasteiger partial charge in [-0.25, -0.2) is 0 Å². The average Bonchev–Trinajstić information content (AvgIpc) is 2.54. The number of fused-ring (bicyclic) bond motifs is 1. The first-order chi connectivity index (χ1) is 10.3. The van der Waals surface area contributed by atoms with E-state index in [2.05, 4.69) is 58.4 Å². The molecule has 0 N–H and O–H groups in total. The Morgan fingerprint density at radius 2 is 1.95 bits per heavy atom. The second kappa shape index (κ2) is 7.42. The van der Waals surface area contributed by atoms with Crippen LogP contribution in [0.3, 0.4) is 0 Å². The molecule has 1 nitrogen and oxygen atoms in total. The largest absolute Gasteiger partial charge is 0.378 e. The lowest BCUT2D eigenvalue weighted by Gasteiger charge is -2.23. The zero-order valence-corrected chi connectivity index (χ0v) is 14.0. The summed E-state index contributed by atoms with van der Waals surface area (Å²) in [5.74, 6) is 0. The molecule has 1 heterocycles. The molecule has 3 rings (SSSR count). The van der Waals surface area contributed by atoms with Crippen LogP contribution in [-0.2, 0) is 11.2 Å². The highest BCUT2D eigenvalue weighted by Gasteiger charge is 2.16. The van der Waals surface area contributed by atoms with Crippen molar-refractivity contribution < 1.29 is 4.74 Å². The Bertz CT molecular complexity index is 569. The minimum Gasteiger partial charge on any atom is -0.378 e. The fraction of sp³-hybridized carbons (Fsp3) is 0.474. The maximum absolute atomic E-state index is 5.83. The van der Waals surface area contributed by atoms with Gasteiger partial charge in [0.05, 0.1) is 6.10 Å². The van der Waals surface area contributed by atoms with E-state index in [1.807, 2.05) is 0 Å². The number of hydrogen-bond acceptors (Lipinski definition) is 1. The van der Waals surface area contributed by atoms with E-state index < -0.39 is 0 Å². The minimum atomic E-state index is 0.492. The lowest BCUT2D eigenvalue weighted by Crippen LogP contribution is -2.20. The van der Waals surface area contributed by atoms with E-state index in [1.165, 1.54) is 48.4 Å². The van der Waals surface area contributed by atoms with Gasteiger partial charge in [0.25, 0.3) is 0 Å². The van der Waals surface area contributed by atoms with Crippen molar-refractivity contribution in [2.75, 3.05) is 6.61 Å². The third kappa shape index (κ3) is 4.08. The number of rotatable bonds is 5. The number of hydrogen-bond donors (Lipinski definition) is 0. The first-order valence-corrected chi connectivity index (χ1v) is 8.97. The standard InChI is InChI=1S/C19H23BrO/c20-17(11-12-18-9-3-4-13-21-18)14-16-8-5-7-15-6-1-2-10-19(15)16/h1-2,5-8,10,17-18H,3-4,9,11-14H2. The summed E-state index contributed by atoms with van der Waals surface area (Å²) in [4.78, 5) is 0.536. The van der Waals surface area contributed by atoms with Crippen LogP contribution in [0.15, 0.2) is 42.5 Å². The smallest absolute Gasteiger partial charge is 0.0575 e. The summed E-state index contributed by atoms with van der Waals surface area (Å²) in [6.45, 7) is 0.959. The first-order valence-electron chi connectivity index (χ1n) is 8.05. The van der Waals surface area contributed by atoms with Crippen LogP contribution in [0.5, 0.6) is 0 Å². The van der Waals surface area contributed by atoms with Crippen molar-refractivity contribution >= 4 is 26.7 Å². The van der Waals surface area contributed by atoms with Crippen molar-refractivity contribution in [1.82, 2.24) is 0 Å². The molecule has 1 aliphatic rings. The second-order valence-corrected chi connectivity index (χ2v) is 7.30. The molecule has 2 unspecified atom stereocenters. The van der Waals surface area contributed by atoms with Crippen molar-refractivity contribution in [1.29, 1.82) is 0 Å². The molecule has 0 bridgehead atoms. The van der Waals surface area contributed by atoms with Crippen LogP contribution in [0.2, 0.25) is 0 Å². The molecule has 0 radical (unpaired) electrons. The molecule has 2 heteroatoms. The van der Waals surface area contributed by atoms with Gasteiger partial charge in [0.2, 0.25) is 0 Å². The third-order valence-electron chi connectivity index (χ3n) is 4.40. The highest BCUT2D eigenvalue weighted by atomic mass is 79.9. The van der Waals surface area contributed by atoms with Gasteiger partial charge in [-0.15, -0.1) is 0 Å². The van der Waals surface area contributed by atoms with Crippen molar-refractivity contribution in [3.05, 3.63) is 48.0 Å². The summed E-state index contributed by atoms with van der Waals surface area (Å²) in [7, 11) is 0. The van der Waals surface area contributed by atoms with Crippen LogP contribution in [-0.4, -0.2) is 17.5 Å². The molecule has 0 saturated carbocycles. The van der Waals surface area contributed by atoms with Crippen molar-refractivity contribution in [3.63, 3.8) is 0 Å². The van der Waals surface area contributed by atoms with Crippen molar-refractivity contribution in [2.24, 2.45) is 0 Å². The molecule has 112 valence electrons. The third-order valence-corrected chi connectivity index (χ3v) is 5.18. The number of ether oxygens (including phenoxy) is 1. The zero-order valence-electron chi connectivity index (χ0n) is 12.4. The summed E-state index contributed by atoms with van der Waals surface area (Å²) in [6, 6.07) is 15.3. The van der Waals surface area contributed by atoms with Crippen molar-refractivity contribution in [3.8, 4) is 0 Å². The van der Waals surface area contributed by atoms with E-state index in [-0.39, 0.29) is 0 Å². The van der Waals surface area contributed by atoms with Gasteiger partial charge in [0.1, 0.15) is 0 Å². The van der Waals surface area contributed by atoms with Crippen LogP contribution in [0.4, 0.5) is 0 Å². The highest BCUT2D eigenvalue weighted by molar-refractivity contribution is 9.09. The zero-order chi connectivity index (χ0) is 14.5. The summed E-state index contributed by atoms with van der Waals surface area (Å²) < 4.78 is 5.83. The van der Waals surface area contributed by atoms with Gasteiger partial charge >= 0.3 is 0 Å².